The third-order valence-corrected chi connectivity index (χ3v) is 7.66. The molecule has 1 N–H and O–H groups in total. The van der Waals surface area contributed by atoms with Crippen LogP contribution in [0.2, 0.25) is 0 Å². The lowest BCUT2D eigenvalue weighted by Crippen LogP contribution is -2.32. The minimum Gasteiger partial charge on any atom is -0.406 e. The van der Waals surface area contributed by atoms with E-state index in [0.29, 0.717) is 29.6 Å². The molecule has 13 heteroatoms. The smallest absolute Gasteiger partial charge is 0.406 e. The molecular weight excluding hydrogens is 593 g/mol. The Labute approximate surface area is 256 Å². The number of rotatable bonds is 8. The van der Waals surface area contributed by atoms with Crippen LogP contribution in [0.5, 0.6) is 5.75 Å². The third kappa shape index (κ3) is 7.46. The van der Waals surface area contributed by atoms with Gasteiger partial charge in [-0.1, -0.05) is 62.0 Å². The Morgan fingerprint density at radius 2 is 1.82 bits per heavy atom. The number of benzene rings is 3. The summed E-state index contributed by atoms with van der Waals surface area (Å²) in [4.78, 5) is 35.5. The largest absolute Gasteiger partial charge is 0.573 e. The van der Waals surface area contributed by atoms with Gasteiger partial charge in [-0.05, 0) is 66.3 Å². The number of urea groups is 1. The van der Waals surface area contributed by atoms with Crippen LogP contribution in [0.25, 0.3) is 17.1 Å². The molecule has 44 heavy (non-hydrogen) atoms. The number of amides is 3. The number of carbonyl (C=O) groups excluding carboxylic acids is 2. The molecule has 3 amide bonds. The van der Waals surface area contributed by atoms with E-state index in [4.69, 9.17) is 0 Å². The van der Waals surface area contributed by atoms with Crippen LogP contribution in [-0.2, 0) is 11.2 Å². The zero-order valence-electron chi connectivity index (χ0n) is 24.1. The predicted molar refractivity (Wildman–Crippen MR) is 163 cm³/mol. The SMILES string of the molecule is Cc1ccc(C(C)C)c(N2C(=O)CSC2=NC(=O)NCCc2ccc(-c3ncn(-c4ccc(OC(F)(F)F)cc4)n3)cc2)c1. The minimum atomic E-state index is -4.76. The summed E-state index contributed by atoms with van der Waals surface area (Å²) in [6.45, 7) is 6.42. The summed E-state index contributed by atoms with van der Waals surface area (Å²) in [5.41, 5.74) is 5.03. The van der Waals surface area contributed by atoms with Crippen molar-refractivity contribution in [1.29, 1.82) is 0 Å². The number of halogens is 3. The first-order valence-corrected chi connectivity index (χ1v) is 14.8. The van der Waals surface area contributed by atoms with Gasteiger partial charge in [-0.3, -0.25) is 9.69 Å². The summed E-state index contributed by atoms with van der Waals surface area (Å²) in [6.07, 6.45) is -2.73. The lowest BCUT2D eigenvalue weighted by Gasteiger charge is -2.22. The Morgan fingerprint density at radius 1 is 1.09 bits per heavy atom. The fraction of sp³-hybridized carbons (Fsp3) is 0.258. The number of hydrogen-bond donors (Lipinski definition) is 1. The minimum absolute atomic E-state index is 0.109. The zero-order chi connectivity index (χ0) is 31.4. The average molecular weight is 623 g/mol. The molecule has 0 saturated carbocycles. The molecule has 9 nitrogen and oxygen atoms in total. The molecule has 0 aliphatic carbocycles. The van der Waals surface area contributed by atoms with E-state index >= 15 is 0 Å². The maximum atomic E-state index is 12.8. The molecule has 0 atom stereocenters. The van der Waals surface area contributed by atoms with Crippen molar-refractivity contribution in [2.75, 3.05) is 17.2 Å². The first kappa shape index (κ1) is 30.8. The van der Waals surface area contributed by atoms with Crippen LogP contribution in [-0.4, -0.2) is 50.5 Å². The molecule has 0 radical (unpaired) electrons. The van der Waals surface area contributed by atoms with Crippen LogP contribution in [0.1, 0.15) is 36.5 Å². The van der Waals surface area contributed by atoms with Gasteiger partial charge in [-0.15, -0.1) is 18.3 Å². The quantitative estimate of drug-likeness (QED) is 0.236. The van der Waals surface area contributed by atoms with Crippen molar-refractivity contribution >= 4 is 34.6 Å². The van der Waals surface area contributed by atoms with Crippen molar-refractivity contribution in [3.63, 3.8) is 0 Å². The third-order valence-electron chi connectivity index (χ3n) is 6.74. The first-order valence-electron chi connectivity index (χ1n) is 13.8. The molecule has 5 rings (SSSR count). The Hall–Kier alpha value is -4.65. The van der Waals surface area contributed by atoms with Crippen LogP contribution in [0.3, 0.4) is 0 Å². The molecule has 1 aromatic heterocycles. The van der Waals surface area contributed by atoms with Crippen molar-refractivity contribution in [2.24, 2.45) is 4.99 Å². The highest BCUT2D eigenvalue weighted by atomic mass is 32.2. The number of nitrogens with one attached hydrogen (secondary N) is 1. The van der Waals surface area contributed by atoms with Gasteiger partial charge in [0.05, 0.1) is 17.1 Å². The Kier molecular flexibility index (Phi) is 9.04. The predicted octanol–water partition coefficient (Wildman–Crippen LogP) is 6.65. The van der Waals surface area contributed by atoms with E-state index in [9.17, 15) is 22.8 Å². The van der Waals surface area contributed by atoms with Crippen LogP contribution >= 0.6 is 11.8 Å². The fourth-order valence-corrected chi connectivity index (χ4v) is 5.46. The molecule has 1 saturated heterocycles. The van der Waals surface area contributed by atoms with E-state index in [1.165, 1.54) is 51.9 Å². The van der Waals surface area contributed by atoms with E-state index in [1.54, 1.807) is 0 Å². The lowest BCUT2D eigenvalue weighted by atomic mass is 9.99. The second-order valence-electron chi connectivity index (χ2n) is 10.4. The summed E-state index contributed by atoms with van der Waals surface area (Å²) in [6, 6.07) is 18.3. The van der Waals surface area contributed by atoms with E-state index in [0.717, 1.165) is 27.9 Å². The van der Waals surface area contributed by atoms with E-state index < -0.39 is 12.4 Å². The number of amidine groups is 1. The van der Waals surface area contributed by atoms with Gasteiger partial charge < -0.3 is 10.1 Å². The number of anilines is 1. The molecule has 228 valence electrons. The Balaban J connectivity index is 1.17. The molecule has 0 bridgehead atoms. The van der Waals surface area contributed by atoms with Crippen LogP contribution < -0.4 is 15.0 Å². The topological polar surface area (TPSA) is 102 Å². The summed E-state index contributed by atoms with van der Waals surface area (Å²) in [7, 11) is 0. The van der Waals surface area contributed by atoms with Crippen molar-refractivity contribution in [1.82, 2.24) is 20.1 Å². The molecule has 2 heterocycles. The van der Waals surface area contributed by atoms with Gasteiger partial charge in [0.2, 0.25) is 5.91 Å². The van der Waals surface area contributed by atoms with Gasteiger partial charge >= 0.3 is 12.4 Å². The molecular formula is C31H29F3N6O3S. The van der Waals surface area contributed by atoms with E-state index in [1.807, 2.05) is 49.4 Å². The molecule has 0 spiro atoms. The summed E-state index contributed by atoms with van der Waals surface area (Å²) in [5, 5.41) is 7.58. The summed E-state index contributed by atoms with van der Waals surface area (Å²) >= 11 is 1.25. The second-order valence-corrected chi connectivity index (χ2v) is 11.3. The Bertz CT molecular complexity index is 1690. The molecule has 3 aromatic carbocycles. The van der Waals surface area contributed by atoms with Crippen LogP contribution in [0, 0.1) is 6.92 Å². The summed E-state index contributed by atoms with van der Waals surface area (Å²) < 4.78 is 42.5. The first-order chi connectivity index (χ1) is 21.0. The van der Waals surface area contributed by atoms with Crippen molar-refractivity contribution in [3.05, 3.63) is 89.7 Å². The molecule has 1 fully saturated rings. The summed E-state index contributed by atoms with van der Waals surface area (Å²) in [5.74, 6) is 0.429. The number of nitrogens with zero attached hydrogens (tertiary/aromatic N) is 5. The number of aromatic nitrogens is 3. The molecule has 0 unspecified atom stereocenters. The van der Waals surface area contributed by atoms with Crippen molar-refractivity contribution in [3.8, 4) is 22.8 Å². The van der Waals surface area contributed by atoms with Gasteiger partial charge in [0.25, 0.3) is 0 Å². The van der Waals surface area contributed by atoms with Gasteiger partial charge in [-0.25, -0.2) is 14.5 Å². The maximum Gasteiger partial charge on any atom is 0.573 e. The number of ether oxygens (including phenoxy) is 1. The Morgan fingerprint density at radius 3 is 2.50 bits per heavy atom. The monoisotopic (exact) mass is 622 g/mol. The van der Waals surface area contributed by atoms with Crippen LogP contribution in [0.4, 0.5) is 23.7 Å². The van der Waals surface area contributed by atoms with Crippen molar-refractivity contribution in [2.45, 2.75) is 39.5 Å². The fourth-order valence-electron chi connectivity index (χ4n) is 4.60. The van der Waals surface area contributed by atoms with E-state index in [-0.39, 0.29) is 23.3 Å². The highest BCUT2D eigenvalue weighted by molar-refractivity contribution is 8.15. The number of alkyl halides is 3. The highest BCUT2D eigenvalue weighted by Crippen LogP contribution is 2.34. The number of thioether (sulfide) groups is 1. The molecule has 4 aromatic rings. The van der Waals surface area contributed by atoms with Gasteiger partial charge in [0, 0.05) is 12.1 Å². The number of hydrogen-bond acceptors (Lipinski definition) is 6. The maximum absolute atomic E-state index is 12.8. The van der Waals surface area contributed by atoms with Crippen LogP contribution in [0.15, 0.2) is 78.0 Å². The second kappa shape index (κ2) is 12.9. The average Bonchev–Trinajstić information content (AvgIpc) is 3.60. The van der Waals surface area contributed by atoms with E-state index in [2.05, 4.69) is 39.0 Å². The van der Waals surface area contributed by atoms with Gasteiger partial charge in [-0.2, -0.15) is 4.99 Å². The lowest BCUT2D eigenvalue weighted by molar-refractivity contribution is -0.274. The molecule has 1 aliphatic rings. The number of aryl methyl sites for hydroxylation is 1. The molecule has 1 aliphatic heterocycles. The number of aliphatic imine (C=N–C) groups is 1. The number of carbonyl (C=O) groups is 2. The van der Waals surface area contributed by atoms with Crippen molar-refractivity contribution < 1.29 is 27.5 Å². The van der Waals surface area contributed by atoms with Gasteiger partial charge in [0.1, 0.15) is 12.1 Å². The standard InChI is InChI=1S/C31H29F3N6O3S/c1-19(2)25-13-4-20(3)16-26(25)40-27(41)17-44-30(40)37-29(42)35-15-14-21-5-7-22(8-6-21)28-36-18-39(38-28)23-9-11-24(12-10-23)43-31(32,33)34/h4-13,16,18-19H,14-15,17H2,1-3H3,(H,35,42). The highest BCUT2D eigenvalue weighted by Gasteiger charge is 2.33. The normalized spacial score (nSPS) is 14.5. The zero-order valence-corrected chi connectivity index (χ0v) is 24.9. The van der Waals surface area contributed by atoms with Gasteiger partial charge in [0.15, 0.2) is 11.0 Å².